The van der Waals surface area contributed by atoms with Crippen LogP contribution in [-0.4, -0.2) is 22.1 Å². The van der Waals surface area contributed by atoms with Crippen molar-refractivity contribution in [2.24, 2.45) is 5.73 Å². The minimum Gasteiger partial charge on any atom is -0.364 e. The molecule has 0 saturated heterocycles. The Morgan fingerprint density at radius 2 is 2.00 bits per heavy atom. The van der Waals surface area contributed by atoms with Gasteiger partial charge in [-0.25, -0.2) is 4.98 Å². The Morgan fingerprint density at radius 1 is 1.33 bits per heavy atom. The quantitative estimate of drug-likeness (QED) is 0.789. The highest BCUT2D eigenvalue weighted by atomic mass is 15.1. The molecule has 0 amide bonds. The van der Waals surface area contributed by atoms with Crippen LogP contribution in [0.2, 0.25) is 0 Å². The molecule has 0 bridgehead atoms. The summed E-state index contributed by atoms with van der Waals surface area (Å²) < 4.78 is 0. The lowest BCUT2D eigenvalue weighted by atomic mass is 10.0. The Balaban J connectivity index is 2.76. The molecule has 0 aromatic carbocycles. The summed E-state index contributed by atoms with van der Waals surface area (Å²) in [7, 11) is 0. The number of nitrogens with two attached hydrogens (primary N) is 1. The van der Waals surface area contributed by atoms with E-state index in [0.29, 0.717) is 6.54 Å². The highest BCUT2D eigenvalue weighted by Gasteiger charge is 2.16. The normalized spacial score (nSPS) is 11.5. The first-order valence-electron chi connectivity index (χ1n) is 5.23. The Labute approximate surface area is 91.3 Å². The van der Waals surface area contributed by atoms with Gasteiger partial charge in [0.15, 0.2) is 0 Å². The maximum atomic E-state index is 5.55. The first-order valence-corrected chi connectivity index (χ1v) is 5.23. The van der Waals surface area contributed by atoms with Gasteiger partial charge in [0.2, 0.25) is 0 Å². The molecule has 1 rings (SSSR count). The van der Waals surface area contributed by atoms with Crippen LogP contribution >= 0.6 is 0 Å². The van der Waals surface area contributed by atoms with Crippen LogP contribution in [0.1, 0.15) is 31.7 Å². The van der Waals surface area contributed by atoms with E-state index in [0.717, 1.165) is 23.6 Å². The molecule has 4 heteroatoms. The van der Waals surface area contributed by atoms with Crippen LogP contribution in [0, 0.1) is 13.8 Å². The van der Waals surface area contributed by atoms with Crippen molar-refractivity contribution in [1.82, 2.24) is 9.97 Å². The minimum absolute atomic E-state index is 0.0366. The molecule has 0 radical (unpaired) electrons. The highest BCUT2D eigenvalue weighted by Crippen LogP contribution is 2.15. The molecule has 1 heterocycles. The van der Waals surface area contributed by atoms with E-state index in [2.05, 4.69) is 29.1 Å². The summed E-state index contributed by atoms with van der Waals surface area (Å²) in [6.45, 7) is 8.80. The molecule has 0 fully saturated rings. The lowest BCUT2D eigenvalue weighted by Gasteiger charge is -2.26. The smallest absolute Gasteiger partial charge is 0.145 e. The van der Waals surface area contributed by atoms with E-state index in [9.17, 15) is 0 Å². The summed E-state index contributed by atoms with van der Waals surface area (Å²) in [5, 5.41) is 3.33. The van der Waals surface area contributed by atoms with Crippen LogP contribution in [0.25, 0.3) is 0 Å². The molecule has 3 N–H and O–H groups in total. The molecule has 0 aliphatic heterocycles. The third kappa shape index (κ3) is 3.47. The van der Waals surface area contributed by atoms with Gasteiger partial charge in [-0.2, -0.15) is 0 Å². The monoisotopic (exact) mass is 208 g/mol. The fourth-order valence-electron chi connectivity index (χ4n) is 1.37. The van der Waals surface area contributed by atoms with Crippen molar-refractivity contribution < 1.29 is 0 Å². The van der Waals surface area contributed by atoms with Gasteiger partial charge in [0.05, 0.1) is 17.6 Å². The second-order valence-corrected chi connectivity index (χ2v) is 4.47. The zero-order valence-electron chi connectivity index (χ0n) is 9.96. The van der Waals surface area contributed by atoms with Crippen LogP contribution in [0.5, 0.6) is 0 Å². The van der Waals surface area contributed by atoms with Crippen molar-refractivity contribution in [2.75, 3.05) is 11.9 Å². The van der Waals surface area contributed by atoms with Gasteiger partial charge in [0, 0.05) is 5.54 Å². The Morgan fingerprint density at radius 3 is 2.53 bits per heavy atom. The largest absolute Gasteiger partial charge is 0.364 e. The van der Waals surface area contributed by atoms with Gasteiger partial charge in [0.1, 0.15) is 5.82 Å². The van der Waals surface area contributed by atoms with E-state index >= 15 is 0 Å². The van der Waals surface area contributed by atoms with Crippen molar-refractivity contribution >= 4 is 5.82 Å². The first kappa shape index (κ1) is 11.9. The molecule has 1 aromatic heterocycles. The average molecular weight is 208 g/mol. The van der Waals surface area contributed by atoms with Crippen LogP contribution in [0.4, 0.5) is 5.82 Å². The third-order valence-electron chi connectivity index (χ3n) is 2.43. The zero-order valence-corrected chi connectivity index (χ0v) is 9.96. The maximum absolute atomic E-state index is 5.55. The summed E-state index contributed by atoms with van der Waals surface area (Å²) in [6.07, 6.45) is 2.67. The summed E-state index contributed by atoms with van der Waals surface area (Å²) >= 11 is 0. The topological polar surface area (TPSA) is 63.8 Å². The van der Waals surface area contributed by atoms with Crippen LogP contribution in [-0.2, 0) is 0 Å². The molecule has 4 nitrogen and oxygen atoms in total. The number of hydrogen-bond donors (Lipinski definition) is 2. The van der Waals surface area contributed by atoms with Crippen LogP contribution in [0.3, 0.4) is 0 Å². The van der Waals surface area contributed by atoms with E-state index < -0.39 is 0 Å². The van der Waals surface area contributed by atoms with E-state index in [1.165, 1.54) is 0 Å². The molecule has 0 aliphatic rings. The minimum atomic E-state index is -0.0366. The van der Waals surface area contributed by atoms with Crippen LogP contribution in [0.15, 0.2) is 6.20 Å². The molecule has 15 heavy (non-hydrogen) atoms. The molecular formula is C11H20N4. The predicted octanol–water partition coefficient (Wildman–Crippen LogP) is 1.63. The van der Waals surface area contributed by atoms with Gasteiger partial charge in [0.25, 0.3) is 0 Å². The third-order valence-corrected chi connectivity index (χ3v) is 2.43. The number of hydrogen-bond acceptors (Lipinski definition) is 4. The van der Waals surface area contributed by atoms with Gasteiger partial charge in [-0.15, -0.1) is 0 Å². The fourth-order valence-corrected chi connectivity index (χ4v) is 1.37. The number of nitrogens with zero attached hydrogens (tertiary/aromatic N) is 2. The molecule has 1 aromatic rings. The van der Waals surface area contributed by atoms with Crippen molar-refractivity contribution in [2.45, 2.75) is 39.7 Å². The average Bonchev–Trinajstić information content (AvgIpc) is 2.10. The number of anilines is 1. The number of aryl methyl sites for hydroxylation is 2. The van der Waals surface area contributed by atoms with E-state index in [-0.39, 0.29) is 5.54 Å². The van der Waals surface area contributed by atoms with Gasteiger partial charge in [-0.05, 0) is 40.7 Å². The van der Waals surface area contributed by atoms with Crippen molar-refractivity contribution in [3.8, 4) is 0 Å². The summed E-state index contributed by atoms with van der Waals surface area (Å²) in [4.78, 5) is 8.69. The standard InChI is InChI=1S/C11H20N4/c1-8-9(2)14-10(7-13-8)15-11(3,4)5-6-12/h7H,5-6,12H2,1-4H3,(H,14,15). The Hall–Kier alpha value is -1.16. The summed E-state index contributed by atoms with van der Waals surface area (Å²) in [6, 6.07) is 0. The number of rotatable bonds is 4. The number of nitrogens with one attached hydrogen (secondary N) is 1. The second-order valence-electron chi connectivity index (χ2n) is 4.47. The van der Waals surface area contributed by atoms with Gasteiger partial charge >= 0.3 is 0 Å². The molecule has 0 saturated carbocycles. The lowest BCUT2D eigenvalue weighted by molar-refractivity contribution is 0.524. The lowest BCUT2D eigenvalue weighted by Crippen LogP contribution is -2.33. The molecule has 84 valence electrons. The Bertz CT molecular complexity index is 333. The first-order chi connectivity index (χ1) is 6.94. The van der Waals surface area contributed by atoms with Crippen molar-refractivity contribution in [3.05, 3.63) is 17.6 Å². The maximum Gasteiger partial charge on any atom is 0.145 e. The van der Waals surface area contributed by atoms with Gasteiger partial charge in [-0.3, -0.25) is 4.98 Å². The molecule has 0 atom stereocenters. The second kappa shape index (κ2) is 4.57. The highest BCUT2D eigenvalue weighted by molar-refractivity contribution is 5.36. The van der Waals surface area contributed by atoms with Crippen LogP contribution < -0.4 is 11.1 Å². The molecule has 0 unspecified atom stereocenters. The predicted molar refractivity (Wildman–Crippen MR) is 62.9 cm³/mol. The SMILES string of the molecule is Cc1ncc(NC(C)(C)CCN)nc1C. The summed E-state index contributed by atoms with van der Waals surface area (Å²) in [5.41, 5.74) is 7.44. The van der Waals surface area contributed by atoms with E-state index in [1.54, 1.807) is 6.20 Å². The fraction of sp³-hybridized carbons (Fsp3) is 0.636. The van der Waals surface area contributed by atoms with Crippen molar-refractivity contribution in [3.63, 3.8) is 0 Å². The molecule has 0 spiro atoms. The number of aromatic nitrogens is 2. The summed E-state index contributed by atoms with van der Waals surface area (Å²) in [5.74, 6) is 0.816. The zero-order chi connectivity index (χ0) is 11.5. The van der Waals surface area contributed by atoms with Crippen molar-refractivity contribution in [1.29, 1.82) is 0 Å². The van der Waals surface area contributed by atoms with E-state index in [4.69, 9.17) is 5.73 Å². The van der Waals surface area contributed by atoms with E-state index in [1.807, 2.05) is 13.8 Å². The molecule has 0 aliphatic carbocycles. The Kier molecular flexibility index (Phi) is 3.63. The van der Waals surface area contributed by atoms with Gasteiger partial charge < -0.3 is 11.1 Å². The molecular weight excluding hydrogens is 188 g/mol. The van der Waals surface area contributed by atoms with Gasteiger partial charge in [-0.1, -0.05) is 0 Å².